The lowest BCUT2D eigenvalue weighted by Gasteiger charge is -2.26. The minimum Gasteiger partial charge on any atom is -0.399 e. The van der Waals surface area contributed by atoms with Crippen molar-refractivity contribution in [1.29, 1.82) is 0 Å². The molecule has 0 aliphatic rings. The molecule has 0 saturated heterocycles. The highest BCUT2D eigenvalue weighted by atomic mass is 16.5. The summed E-state index contributed by atoms with van der Waals surface area (Å²) in [4.78, 5) is 2.37. The fourth-order valence-electron chi connectivity index (χ4n) is 2.26. The molecular formula is C15H26N2O. The van der Waals surface area contributed by atoms with Gasteiger partial charge in [0.2, 0.25) is 0 Å². The van der Waals surface area contributed by atoms with Crippen LogP contribution < -0.4 is 10.6 Å². The second-order valence-corrected chi connectivity index (χ2v) is 4.40. The molecule has 0 aliphatic heterocycles. The van der Waals surface area contributed by atoms with Crippen LogP contribution in [0.15, 0.2) is 12.1 Å². The van der Waals surface area contributed by atoms with Crippen molar-refractivity contribution in [2.75, 3.05) is 36.9 Å². The Morgan fingerprint density at radius 2 is 1.83 bits per heavy atom. The van der Waals surface area contributed by atoms with Crippen molar-refractivity contribution in [2.24, 2.45) is 0 Å². The van der Waals surface area contributed by atoms with Gasteiger partial charge in [0.1, 0.15) is 0 Å². The van der Waals surface area contributed by atoms with Gasteiger partial charge in [0, 0.05) is 31.1 Å². The highest BCUT2D eigenvalue weighted by Crippen LogP contribution is 2.28. The summed E-state index contributed by atoms with van der Waals surface area (Å²) in [5.74, 6) is 0. The zero-order chi connectivity index (χ0) is 13.5. The SMILES string of the molecule is CCOCCc1c(N(CC)CC)ccc(N)c1C. The summed E-state index contributed by atoms with van der Waals surface area (Å²) >= 11 is 0. The van der Waals surface area contributed by atoms with Crippen molar-refractivity contribution in [2.45, 2.75) is 34.1 Å². The van der Waals surface area contributed by atoms with Crippen molar-refractivity contribution in [1.82, 2.24) is 0 Å². The third kappa shape index (κ3) is 3.39. The highest BCUT2D eigenvalue weighted by molar-refractivity contribution is 5.64. The largest absolute Gasteiger partial charge is 0.399 e. The predicted molar refractivity (Wildman–Crippen MR) is 79.3 cm³/mol. The molecule has 0 aromatic heterocycles. The summed E-state index contributed by atoms with van der Waals surface area (Å²) in [5, 5.41) is 0. The van der Waals surface area contributed by atoms with Gasteiger partial charge in [0.05, 0.1) is 6.61 Å². The van der Waals surface area contributed by atoms with Gasteiger partial charge < -0.3 is 15.4 Å². The molecule has 0 bridgehead atoms. The van der Waals surface area contributed by atoms with E-state index in [2.05, 4.69) is 31.7 Å². The summed E-state index contributed by atoms with van der Waals surface area (Å²) in [7, 11) is 0. The molecule has 0 amide bonds. The van der Waals surface area contributed by atoms with Crippen molar-refractivity contribution in [3.8, 4) is 0 Å². The van der Waals surface area contributed by atoms with E-state index in [9.17, 15) is 0 Å². The topological polar surface area (TPSA) is 38.5 Å². The molecule has 0 atom stereocenters. The van der Waals surface area contributed by atoms with E-state index in [1.165, 1.54) is 16.8 Å². The maximum Gasteiger partial charge on any atom is 0.0507 e. The zero-order valence-electron chi connectivity index (χ0n) is 12.1. The molecule has 0 heterocycles. The second-order valence-electron chi connectivity index (χ2n) is 4.40. The smallest absolute Gasteiger partial charge is 0.0507 e. The Bertz CT molecular complexity index is 373. The van der Waals surface area contributed by atoms with Crippen molar-refractivity contribution < 1.29 is 4.74 Å². The van der Waals surface area contributed by atoms with Crippen LogP contribution in [0.2, 0.25) is 0 Å². The van der Waals surface area contributed by atoms with Gasteiger partial charge in [-0.2, -0.15) is 0 Å². The molecule has 0 spiro atoms. The Kier molecular flexibility index (Phi) is 5.99. The quantitative estimate of drug-likeness (QED) is 0.597. The van der Waals surface area contributed by atoms with Gasteiger partial charge >= 0.3 is 0 Å². The molecule has 2 N–H and O–H groups in total. The molecule has 1 aromatic rings. The minimum atomic E-state index is 0.759. The summed E-state index contributed by atoms with van der Waals surface area (Å²) < 4.78 is 5.47. The minimum absolute atomic E-state index is 0.759. The normalized spacial score (nSPS) is 10.7. The van der Waals surface area contributed by atoms with Crippen LogP contribution in [0.25, 0.3) is 0 Å². The molecule has 18 heavy (non-hydrogen) atoms. The first kappa shape index (κ1) is 14.8. The molecule has 0 unspecified atom stereocenters. The maximum atomic E-state index is 6.02. The number of nitrogens with zero attached hydrogens (tertiary/aromatic N) is 1. The number of hydrogen-bond donors (Lipinski definition) is 1. The van der Waals surface area contributed by atoms with Gasteiger partial charge in [0.25, 0.3) is 0 Å². The number of hydrogen-bond acceptors (Lipinski definition) is 3. The Labute approximate surface area is 111 Å². The summed E-state index contributed by atoms with van der Waals surface area (Å²) in [6, 6.07) is 4.14. The number of rotatable bonds is 7. The summed E-state index contributed by atoms with van der Waals surface area (Å²) in [5.41, 5.74) is 10.7. The molecule has 1 aromatic carbocycles. The van der Waals surface area contributed by atoms with E-state index in [-0.39, 0.29) is 0 Å². The third-order valence-electron chi connectivity index (χ3n) is 3.42. The van der Waals surface area contributed by atoms with E-state index in [0.717, 1.165) is 38.4 Å². The zero-order valence-corrected chi connectivity index (χ0v) is 12.1. The predicted octanol–water partition coefficient (Wildman–Crippen LogP) is 3.00. The van der Waals surface area contributed by atoms with Crippen molar-refractivity contribution in [3.05, 3.63) is 23.3 Å². The van der Waals surface area contributed by atoms with Crippen LogP contribution in [0.5, 0.6) is 0 Å². The van der Waals surface area contributed by atoms with Crippen molar-refractivity contribution in [3.63, 3.8) is 0 Å². The number of nitrogens with two attached hydrogens (primary N) is 1. The molecule has 0 aliphatic carbocycles. The monoisotopic (exact) mass is 250 g/mol. The molecule has 0 radical (unpaired) electrons. The Hall–Kier alpha value is -1.22. The van der Waals surface area contributed by atoms with Gasteiger partial charge in [-0.15, -0.1) is 0 Å². The van der Waals surface area contributed by atoms with Gasteiger partial charge in [-0.25, -0.2) is 0 Å². The van der Waals surface area contributed by atoms with Crippen LogP contribution in [0, 0.1) is 6.92 Å². The van der Waals surface area contributed by atoms with Crippen molar-refractivity contribution >= 4 is 11.4 Å². The van der Waals surface area contributed by atoms with Crippen LogP contribution in [-0.2, 0) is 11.2 Å². The molecule has 0 fully saturated rings. The lowest BCUT2D eigenvalue weighted by molar-refractivity contribution is 0.151. The van der Waals surface area contributed by atoms with E-state index < -0.39 is 0 Å². The van der Waals surface area contributed by atoms with Gasteiger partial charge in [-0.1, -0.05) is 0 Å². The van der Waals surface area contributed by atoms with Crippen LogP contribution in [0.4, 0.5) is 11.4 Å². The molecular weight excluding hydrogens is 224 g/mol. The lowest BCUT2D eigenvalue weighted by atomic mass is 10.0. The van der Waals surface area contributed by atoms with Gasteiger partial charge in [0.15, 0.2) is 0 Å². The Morgan fingerprint density at radius 3 is 2.39 bits per heavy atom. The fraction of sp³-hybridized carbons (Fsp3) is 0.600. The number of anilines is 2. The first-order valence-electron chi connectivity index (χ1n) is 6.86. The van der Waals surface area contributed by atoms with Crippen LogP contribution in [-0.4, -0.2) is 26.3 Å². The Balaban J connectivity index is 3.04. The Morgan fingerprint density at radius 1 is 1.17 bits per heavy atom. The molecule has 0 saturated carbocycles. The third-order valence-corrected chi connectivity index (χ3v) is 3.42. The first-order valence-corrected chi connectivity index (χ1v) is 6.86. The van der Waals surface area contributed by atoms with Gasteiger partial charge in [-0.05, 0) is 57.4 Å². The average Bonchev–Trinajstić information content (AvgIpc) is 2.38. The fourth-order valence-corrected chi connectivity index (χ4v) is 2.26. The van der Waals surface area contributed by atoms with Crippen LogP contribution in [0.1, 0.15) is 31.9 Å². The summed E-state index contributed by atoms with van der Waals surface area (Å²) in [6.07, 6.45) is 0.927. The summed E-state index contributed by atoms with van der Waals surface area (Å²) in [6.45, 7) is 12.0. The number of nitrogen functional groups attached to an aromatic ring is 1. The van der Waals surface area contributed by atoms with E-state index >= 15 is 0 Å². The highest BCUT2D eigenvalue weighted by Gasteiger charge is 2.12. The van der Waals surface area contributed by atoms with E-state index in [4.69, 9.17) is 10.5 Å². The lowest BCUT2D eigenvalue weighted by Crippen LogP contribution is -2.24. The van der Waals surface area contributed by atoms with Crippen LogP contribution >= 0.6 is 0 Å². The molecule has 3 heteroatoms. The first-order chi connectivity index (χ1) is 8.65. The number of benzene rings is 1. The molecule has 102 valence electrons. The molecule has 3 nitrogen and oxygen atoms in total. The average molecular weight is 250 g/mol. The molecule has 1 rings (SSSR count). The van der Waals surface area contributed by atoms with E-state index in [1.54, 1.807) is 0 Å². The maximum absolute atomic E-state index is 6.02. The van der Waals surface area contributed by atoms with E-state index in [1.807, 2.05) is 13.0 Å². The number of ether oxygens (including phenoxy) is 1. The second kappa shape index (κ2) is 7.27. The van der Waals surface area contributed by atoms with Gasteiger partial charge in [-0.3, -0.25) is 0 Å². The van der Waals surface area contributed by atoms with E-state index in [0.29, 0.717) is 0 Å². The standard InChI is InChI=1S/C15H26N2O/c1-5-17(6-2)15-9-8-14(16)12(4)13(15)10-11-18-7-3/h8-9H,5-7,10-11,16H2,1-4H3. The van der Waals surface area contributed by atoms with Crippen LogP contribution in [0.3, 0.4) is 0 Å².